The summed E-state index contributed by atoms with van der Waals surface area (Å²) < 4.78 is 5.78. The van der Waals surface area contributed by atoms with Crippen LogP contribution in [0.3, 0.4) is 0 Å². The Labute approximate surface area is 127 Å². The molecular weight excluding hydrogens is 264 g/mol. The summed E-state index contributed by atoms with van der Waals surface area (Å²) in [5, 5.41) is 9.19. The first-order valence-corrected chi connectivity index (χ1v) is 7.42. The molecule has 4 nitrogen and oxygen atoms in total. The fraction of sp³-hybridized carbons (Fsp3) is 0.529. The molecule has 0 heterocycles. The van der Waals surface area contributed by atoms with E-state index in [0.717, 1.165) is 16.9 Å². The minimum Gasteiger partial charge on any atom is -0.493 e. The number of aryl methyl sites for hydroxylation is 2. The zero-order valence-electron chi connectivity index (χ0n) is 13.3. The second kappa shape index (κ2) is 8.31. The lowest BCUT2D eigenvalue weighted by Gasteiger charge is -2.21. The van der Waals surface area contributed by atoms with Crippen LogP contribution < -0.4 is 4.74 Å². The van der Waals surface area contributed by atoms with Crippen LogP contribution in [0.4, 0.5) is 0 Å². The molecule has 0 aromatic heterocycles. The van der Waals surface area contributed by atoms with Gasteiger partial charge in [-0.25, -0.2) is 0 Å². The van der Waals surface area contributed by atoms with Gasteiger partial charge in [0.05, 0.1) is 12.7 Å². The molecule has 114 valence electrons. The van der Waals surface area contributed by atoms with Gasteiger partial charge < -0.3 is 9.64 Å². The average Bonchev–Trinajstić information content (AvgIpc) is 2.47. The molecule has 0 saturated heterocycles. The molecule has 1 amide bonds. The molecule has 0 spiro atoms. The van der Waals surface area contributed by atoms with Crippen LogP contribution in [0.25, 0.3) is 0 Å². The summed E-state index contributed by atoms with van der Waals surface area (Å²) in [6.07, 6.45) is 0.416. The highest BCUT2D eigenvalue weighted by Gasteiger charge is 2.22. The molecule has 1 atom stereocenters. The summed E-state index contributed by atoms with van der Waals surface area (Å²) in [5.41, 5.74) is 2.14. The molecule has 0 fully saturated rings. The highest BCUT2D eigenvalue weighted by atomic mass is 16.5. The molecule has 0 aliphatic carbocycles. The number of ether oxygens (including phenoxy) is 1. The third-order valence-corrected chi connectivity index (χ3v) is 3.59. The fourth-order valence-electron chi connectivity index (χ4n) is 2.30. The number of para-hydroxylation sites is 1. The van der Waals surface area contributed by atoms with Crippen LogP contribution in [-0.2, 0) is 4.79 Å². The molecule has 0 saturated carbocycles. The van der Waals surface area contributed by atoms with Crippen LogP contribution in [0, 0.1) is 31.1 Å². The van der Waals surface area contributed by atoms with Gasteiger partial charge in [-0.1, -0.05) is 18.2 Å². The van der Waals surface area contributed by atoms with Crippen LogP contribution in [0.1, 0.15) is 31.4 Å². The third kappa shape index (κ3) is 4.49. The number of benzene rings is 1. The van der Waals surface area contributed by atoms with Crippen molar-refractivity contribution in [3.8, 4) is 11.8 Å². The molecule has 0 aliphatic rings. The monoisotopic (exact) mass is 288 g/mol. The van der Waals surface area contributed by atoms with Crippen molar-refractivity contribution in [2.45, 2.75) is 34.1 Å². The highest BCUT2D eigenvalue weighted by Crippen LogP contribution is 2.22. The van der Waals surface area contributed by atoms with Crippen LogP contribution in [-0.4, -0.2) is 30.5 Å². The van der Waals surface area contributed by atoms with E-state index in [4.69, 9.17) is 4.74 Å². The minimum absolute atomic E-state index is 0.104. The SMILES string of the molecule is CCN(CC)C(=O)C(C#N)CCOc1c(C)cccc1C. The van der Waals surface area contributed by atoms with Gasteiger partial charge in [-0.2, -0.15) is 5.26 Å². The van der Waals surface area contributed by atoms with Gasteiger partial charge in [0.2, 0.25) is 5.91 Å². The number of nitriles is 1. The minimum atomic E-state index is -0.630. The largest absolute Gasteiger partial charge is 0.493 e. The molecule has 21 heavy (non-hydrogen) atoms. The molecule has 0 aliphatic heterocycles. The first-order chi connectivity index (χ1) is 10.0. The Morgan fingerprint density at radius 3 is 2.33 bits per heavy atom. The van der Waals surface area contributed by atoms with Crippen molar-refractivity contribution in [2.75, 3.05) is 19.7 Å². The van der Waals surface area contributed by atoms with Gasteiger partial charge in [-0.05, 0) is 38.8 Å². The van der Waals surface area contributed by atoms with Gasteiger partial charge in [0.25, 0.3) is 0 Å². The van der Waals surface area contributed by atoms with E-state index in [1.54, 1.807) is 4.90 Å². The van der Waals surface area contributed by atoms with Gasteiger partial charge in [0.15, 0.2) is 0 Å². The van der Waals surface area contributed by atoms with Crippen molar-refractivity contribution >= 4 is 5.91 Å². The van der Waals surface area contributed by atoms with Gasteiger partial charge in [-0.3, -0.25) is 4.79 Å². The van der Waals surface area contributed by atoms with Crippen LogP contribution in [0.2, 0.25) is 0 Å². The van der Waals surface area contributed by atoms with Crippen molar-refractivity contribution in [3.63, 3.8) is 0 Å². The van der Waals surface area contributed by atoms with E-state index in [2.05, 4.69) is 6.07 Å². The Morgan fingerprint density at radius 1 is 1.29 bits per heavy atom. The Hall–Kier alpha value is -2.02. The van der Waals surface area contributed by atoms with Gasteiger partial charge in [0.1, 0.15) is 11.7 Å². The fourth-order valence-corrected chi connectivity index (χ4v) is 2.30. The molecule has 1 aromatic rings. The summed E-state index contributed by atoms with van der Waals surface area (Å²) >= 11 is 0. The number of nitrogens with zero attached hydrogens (tertiary/aromatic N) is 2. The number of hydrogen-bond donors (Lipinski definition) is 0. The van der Waals surface area contributed by atoms with Crippen molar-refractivity contribution in [2.24, 2.45) is 5.92 Å². The summed E-state index contributed by atoms with van der Waals surface area (Å²) in [7, 11) is 0. The zero-order chi connectivity index (χ0) is 15.8. The molecule has 1 unspecified atom stereocenters. The van der Waals surface area contributed by atoms with E-state index >= 15 is 0 Å². The predicted octanol–water partition coefficient (Wildman–Crippen LogP) is 3.08. The number of hydrogen-bond acceptors (Lipinski definition) is 3. The summed E-state index contributed by atoms with van der Waals surface area (Å²) in [4.78, 5) is 13.8. The Balaban J connectivity index is 2.61. The maximum absolute atomic E-state index is 12.2. The summed E-state index contributed by atoms with van der Waals surface area (Å²) in [6, 6.07) is 8.06. The average molecular weight is 288 g/mol. The van der Waals surface area contributed by atoms with Crippen LogP contribution in [0.15, 0.2) is 18.2 Å². The number of carbonyl (C=O) groups excluding carboxylic acids is 1. The highest BCUT2D eigenvalue weighted by molar-refractivity contribution is 5.81. The number of amides is 1. The molecule has 4 heteroatoms. The summed E-state index contributed by atoms with van der Waals surface area (Å²) in [5.74, 6) is 0.117. The van der Waals surface area contributed by atoms with E-state index in [1.165, 1.54) is 0 Å². The third-order valence-electron chi connectivity index (χ3n) is 3.59. The Kier molecular flexibility index (Phi) is 6.74. The topological polar surface area (TPSA) is 53.3 Å². The van der Waals surface area contributed by atoms with Gasteiger partial charge >= 0.3 is 0 Å². The maximum atomic E-state index is 12.2. The second-order valence-corrected chi connectivity index (χ2v) is 5.05. The van der Waals surface area contributed by atoms with Crippen molar-refractivity contribution in [1.82, 2.24) is 4.90 Å². The van der Waals surface area contributed by atoms with Crippen molar-refractivity contribution in [3.05, 3.63) is 29.3 Å². The lowest BCUT2D eigenvalue weighted by Crippen LogP contribution is -2.36. The molecule has 0 N–H and O–H groups in total. The molecule has 0 bridgehead atoms. The quantitative estimate of drug-likeness (QED) is 0.774. The van der Waals surface area contributed by atoms with E-state index in [-0.39, 0.29) is 5.91 Å². The van der Waals surface area contributed by atoms with Crippen molar-refractivity contribution in [1.29, 1.82) is 5.26 Å². The molecular formula is C17H24N2O2. The molecule has 0 radical (unpaired) electrons. The number of carbonyl (C=O) groups is 1. The Bertz CT molecular complexity index is 496. The van der Waals surface area contributed by atoms with Gasteiger partial charge in [0, 0.05) is 19.5 Å². The molecule has 1 aromatic carbocycles. The van der Waals surface area contributed by atoms with E-state index in [0.29, 0.717) is 26.1 Å². The van der Waals surface area contributed by atoms with Crippen molar-refractivity contribution < 1.29 is 9.53 Å². The standard InChI is InChI=1S/C17H24N2O2/c1-5-19(6-2)17(20)15(12-18)10-11-21-16-13(3)8-7-9-14(16)4/h7-9,15H,5-6,10-11H2,1-4H3. The lowest BCUT2D eigenvalue weighted by atomic mass is 10.1. The van der Waals surface area contributed by atoms with E-state index < -0.39 is 5.92 Å². The van der Waals surface area contributed by atoms with Crippen LogP contribution in [0.5, 0.6) is 5.75 Å². The summed E-state index contributed by atoms with van der Waals surface area (Å²) in [6.45, 7) is 9.45. The number of rotatable bonds is 7. The first kappa shape index (κ1) is 17.0. The predicted molar refractivity (Wildman–Crippen MR) is 83.1 cm³/mol. The van der Waals surface area contributed by atoms with Gasteiger partial charge in [-0.15, -0.1) is 0 Å². The second-order valence-electron chi connectivity index (χ2n) is 5.05. The smallest absolute Gasteiger partial charge is 0.240 e. The maximum Gasteiger partial charge on any atom is 0.240 e. The Morgan fingerprint density at radius 2 is 1.86 bits per heavy atom. The molecule has 1 rings (SSSR count). The van der Waals surface area contributed by atoms with E-state index in [9.17, 15) is 10.1 Å². The lowest BCUT2D eigenvalue weighted by molar-refractivity contribution is -0.133. The zero-order valence-corrected chi connectivity index (χ0v) is 13.3. The first-order valence-electron chi connectivity index (χ1n) is 7.42. The normalized spacial score (nSPS) is 11.6. The van der Waals surface area contributed by atoms with E-state index in [1.807, 2.05) is 45.9 Å². The van der Waals surface area contributed by atoms with Crippen LogP contribution >= 0.6 is 0 Å².